The van der Waals surface area contributed by atoms with Gasteiger partial charge in [-0.3, -0.25) is 4.79 Å². The summed E-state index contributed by atoms with van der Waals surface area (Å²) < 4.78 is 15.3. The smallest absolute Gasteiger partial charge is 0.272 e. The van der Waals surface area contributed by atoms with Gasteiger partial charge in [-0.25, -0.2) is 9.07 Å². The fourth-order valence-electron chi connectivity index (χ4n) is 4.20. The molecule has 2 aromatic rings. The Kier molecular flexibility index (Phi) is 4.76. The highest BCUT2D eigenvalue weighted by atomic mass is 19.1. The quantitative estimate of drug-likeness (QED) is 0.916. The fourth-order valence-corrected chi connectivity index (χ4v) is 4.20. The van der Waals surface area contributed by atoms with Gasteiger partial charge in [0.15, 0.2) is 5.69 Å². The van der Waals surface area contributed by atoms with Gasteiger partial charge in [-0.2, -0.15) is 5.10 Å². The molecule has 1 aliphatic heterocycles. The summed E-state index contributed by atoms with van der Waals surface area (Å²) in [6.07, 6.45) is 5.08. The van der Waals surface area contributed by atoms with Crippen LogP contribution in [-0.2, 0) is 12.8 Å². The standard InChI is InChI=1S/C20H25FN4O/c1-24-10-4-5-14(13-24)12-22-20(26)19-17-8-3-9-18(17)25(23-19)16-7-2-6-15(21)11-16/h2,6-7,11,14H,3-5,8-10,12-13H2,1H3,(H,22,26). The van der Waals surface area contributed by atoms with Crippen LogP contribution in [0.2, 0.25) is 0 Å². The van der Waals surface area contributed by atoms with Crippen LogP contribution in [0, 0.1) is 11.7 Å². The molecule has 2 aliphatic rings. The highest BCUT2D eigenvalue weighted by molar-refractivity contribution is 5.94. The van der Waals surface area contributed by atoms with Gasteiger partial charge in [0.1, 0.15) is 5.82 Å². The summed E-state index contributed by atoms with van der Waals surface area (Å²) in [6.45, 7) is 2.84. The Morgan fingerprint density at radius 1 is 1.35 bits per heavy atom. The first kappa shape index (κ1) is 17.2. The molecule has 0 bridgehead atoms. The van der Waals surface area contributed by atoms with E-state index in [-0.39, 0.29) is 11.7 Å². The lowest BCUT2D eigenvalue weighted by Gasteiger charge is -2.29. The van der Waals surface area contributed by atoms with Gasteiger partial charge in [0.2, 0.25) is 0 Å². The number of likely N-dealkylation sites (tertiary alicyclic amines) is 1. The van der Waals surface area contributed by atoms with Gasteiger partial charge < -0.3 is 10.2 Å². The third kappa shape index (κ3) is 3.38. The molecule has 2 heterocycles. The van der Waals surface area contributed by atoms with E-state index < -0.39 is 0 Å². The summed E-state index contributed by atoms with van der Waals surface area (Å²) in [5, 5.41) is 7.63. The number of hydrogen-bond donors (Lipinski definition) is 1. The lowest BCUT2D eigenvalue weighted by atomic mass is 9.98. The minimum absolute atomic E-state index is 0.105. The van der Waals surface area contributed by atoms with Crippen molar-refractivity contribution in [3.63, 3.8) is 0 Å². The average molecular weight is 356 g/mol. The van der Waals surface area contributed by atoms with Crippen molar-refractivity contribution in [2.75, 3.05) is 26.7 Å². The van der Waals surface area contributed by atoms with Crippen LogP contribution in [0.25, 0.3) is 5.69 Å². The highest BCUT2D eigenvalue weighted by Gasteiger charge is 2.27. The molecule has 138 valence electrons. The summed E-state index contributed by atoms with van der Waals surface area (Å²) in [6, 6.07) is 6.38. The predicted octanol–water partition coefficient (Wildman–Crippen LogP) is 2.57. The predicted molar refractivity (Wildman–Crippen MR) is 98.1 cm³/mol. The summed E-state index contributed by atoms with van der Waals surface area (Å²) in [7, 11) is 2.13. The molecular weight excluding hydrogens is 331 g/mol. The molecule has 26 heavy (non-hydrogen) atoms. The van der Waals surface area contributed by atoms with Gasteiger partial charge in [-0.05, 0) is 69.8 Å². The molecule has 1 N–H and O–H groups in total. The van der Waals surface area contributed by atoms with Crippen molar-refractivity contribution in [3.8, 4) is 5.69 Å². The van der Waals surface area contributed by atoms with Crippen LogP contribution in [0.3, 0.4) is 0 Å². The zero-order chi connectivity index (χ0) is 18.1. The number of aromatic nitrogens is 2. The van der Waals surface area contributed by atoms with E-state index in [1.807, 2.05) is 6.07 Å². The molecule has 1 aliphatic carbocycles. The summed E-state index contributed by atoms with van der Waals surface area (Å²) >= 11 is 0. The number of benzene rings is 1. The van der Waals surface area contributed by atoms with Crippen LogP contribution in [0.4, 0.5) is 4.39 Å². The van der Waals surface area contributed by atoms with E-state index >= 15 is 0 Å². The van der Waals surface area contributed by atoms with E-state index in [1.165, 1.54) is 18.6 Å². The SMILES string of the molecule is CN1CCCC(CNC(=O)c2nn(-c3cccc(F)c3)c3c2CCC3)C1. The van der Waals surface area contributed by atoms with E-state index in [4.69, 9.17) is 0 Å². The maximum absolute atomic E-state index is 13.6. The van der Waals surface area contributed by atoms with Crippen molar-refractivity contribution in [2.45, 2.75) is 32.1 Å². The maximum atomic E-state index is 13.6. The number of rotatable bonds is 4. The zero-order valence-electron chi connectivity index (χ0n) is 15.2. The van der Waals surface area contributed by atoms with Crippen LogP contribution in [0.1, 0.15) is 41.0 Å². The second kappa shape index (κ2) is 7.19. The Morgan fingerprint density at radius 2 is 2.23 bits per heavy atom. The Morgan fingerprint density at radius 3 is 3.04 bits per heavy atom. The largest absolute Gasteiger partial charge is 0.350 e. The first-order chi connectivity index (χ1) is 12.6. The summed E-state index contributed by atoms with van der Waals surface area (Å²) in [5.41, 5.74) is 3.24. The maximum Gasteiger partial charge on any atom is 0.272 e. The molecule has 1 fully saturated rings. The van der Waals surface area contributed by atoms with Crippen molar-refractivity contribution < 1.29 is 9.18 Å². The molecule has 5 nitrogen and oxygen atoms in total. The number of carbonyl (C=O) groups is 1. The van der Waals surface area contributed by atoms with Crippen molar-refractivity contribution in [1.82, 2.24) is 20.0 Å². The molecular formula is C20H25FN4O. The number of halogens is 1. The van der Waals surface area contributed by atoms with E-state index in [2.05, 4.69) is 22.4 Å². The van der Waals surface area contributed by atoms with Crippen molar-refractivity contribution in [1.29, 1.82) is 0 Å². The molecule has 0 radical (unpaired) electrons. The second-order valence-electron chi connectivity index (χ2n) is 7.50. The summed E-state index contributed by atoms with van der Waals surface area (Å²) in [4.78, 5) is 15.1. The van der Waals surface area contributed by atoms with Gasteiger partial charge in [-0.1, -0.05) is 6.07 Å². The lowest BCUT2D eigenvalue weighted by Crippen LogP contribution is -2.39. The Labute approximate surface area is 153 Å². The monoisotopic (exact) mass is 356 g/mol. The number of carbonyl (C=O) groups excluding carboxylic acids is 1. The second-order valence-corrected chi connectivity index (χ2v) is 7.50. The zero-order valence-corrected chi connectivity index (χ0v) is 15.2. The van der Waals surface area contributed by atoms with Gasteiger partial charge in [0.05, 0.1) is 5.69 Å². The van der Waals surface area contributed by atoms with Crippen LogP contribution in [0.5, 0.6) is 0 Å². The lowest BCUT2D eigenvalue weighted by molar-refractivity contribution is 0.0930. The Bertz CT molecular complexity index is 816. The van der Waals surface area contributed by atoms with Crippen molar-refractivity contribution in [2.24, 2.45) is 5.92 Å². The molecule has 4 rings (SSSR count). The number of nitrogens with one attached hydrogen (secondary N) is 1. The third-order valence-corrected chi connectivity index (χ3v) is 5.47. The fraction of sp³-hybridized carbons (Fsp3) is 0.500. The first-order valence-electron chi connectivity index (χ1n) is 9.45. The van der Waals surface area contributed by atoms with Gasteiger partial charge in [0, 0.05) is 24.3 Å². The van der Waals surface area contributed by atoms with E-state index in [9.17, 15) is 9.18 Å². The molecule has 0 spiro atoms. The Hall–Kier alpha value is -2.21. The minimum atomic E-state index is -0.294. The Balaban J connectivity index is 1.53. The van der Waals surface area contributed by atoms with Crippen LogP contribution in [0.15, 0.2) is 24.3 Å². The molecule has 1 saturated heterocycles. The molecule has 1 unspecified atom stereocenters. The molecule has 0 saturated carbocycles. The van der Waals surface area contributed by atoms with Crippen LogP contribution < -0.4 is 5.32 Å². The van der Waals surface area contributed by atoms with Gasteiger partial charge in [-0.15, -0.1) is 0 Å². The average Bonchev–Trinajstić information content (AvgIpc) is 3.22. The molecule has 1 amide bonds. The number of amides is 1. The molecule has 6 heteroatoms. The van der Waals surface area contributed by atoms with E-state index in [0.717, 1.165) is 50.0 Å². The van der Waals surface area contributed by atoms with E-state index in [1.54, 1.807) is 10.7 Å². The van der Waals surface area contributed by atoms with Gasteiger partial charge in [0.25, 0.3) is 5.91 Å². The van der Waals surface area contributed by atoms with E-state index in [0.29, 0.717) is 23.8 Å². The minimum Gasteiger partial charge on any atom is -0.350 e. The molecule has 1 aromatic heterocycles. The van der Waals surface area contributed by atoms with Crippen molar-refractivity contribution >= 4 is 5.91 Å². The highest BCUT2D eigenvalue weighted by Crippen LogP contribution is 2.28. The normalized spacial score (nSPS) is 20.2. The topological polar surface area (TPSA) is 50.2 Å². The van der Waals surface area contributed by atoms with Crippen molar-refractivity contribution in [3.05, 3.63) is 47.0 Å². The number of piperidine rings is 1. The number of nitrogens with zero attached hydrogens (tertiary/aromatic N) is 3. The summed E-state index contributed by atoms with van der Waals surface area (Å²) in [5.74, 6) is 0.0970. The van der Waals surface area contributed by atoms with Crippen LogP contribution >= 0.6 is 0 Å². The van der Waals surface area contributed by atoms with Gasteiger partial charge >= 0.3 is 0 Å². The first-order valence-corrected chi connectivity index (χ1v) is 9.45. The third-order valence-electron chi connectivity index (χ3n) is 5.47. The molecule has 1 atom stereocenters. The molecule has 1 aromatic carbocycles. The van der Waals surface area contributed by atoms with Crippen LogP contribution in [-0.4, -0.2) is 47.3 Å². The number of hydrogen-bond acceptors (Lipinski definition) is 3. The number of fused-ring (bicyclic) bond motifs is 1.